The molecule has 8 heteroatoms. The van der Waals surface area contributed by atoms with E-state index in [0.717, 1.165) is 28.2 Å². The van der Waals surface area contributed by atoms with Crippen molar-refractivity contribution in [2.45, 2.75) is 33.2 Å². The SMILES string of the molecule is CCOC(=O)N1CCN(CC(=O)N2N=C(c3ccc(OC)cc3)CC2c2ccc(C)cc2C)CC1. The number of amides is 2. The molecule has 2 aromatic rings. The molecule has 2 amide bonds. The first kappa shape index (κ1) is 24.7. The van der Waals surface area contributed by atoms with Gasteiger partial charge in [0.2, 0.25) is 0 Å². The molecule has 0 aliphatic carbocycles. The van der Waals surface area contributed by atoms with Crippen LogP contribution in [0, 0.1) is 13.8 Å². The minimum absolute atomic E-state index is 0.0388. The third-order valence-electron chi connectivity index (χ3n) is 6.63. The predicted molar refractivity (Wildman–Crippen MR) is 135 cm³/mol. The highest BCUT2D eigenvalue weighted by Crippen LogP contribution is 2.35. The highest BCUT2D eigenvalue weighted by Gasteiger charge is 2.35. The van der Waals surface area contributed by atoms with E-state index in [2.05, 4.69) is 36.9 Å². The van der Waals surface area contributed by atoms with Gasteiger partial charge in [-0.3, -0.25) is 9.69 Å². The maximum absolute atomic E-state index is 13.5. The summed E-state index contributed by atoms with van der Waals surface area (Å²) >= 11 is 0. The molecule has 0 saturated carbocycles. The van der Waals surface area contributed by atoms with Crippen LogP contribution < -0.4 is 4.74 Å². The third-order valence-corrected chi connectivity index (χ3v) is 6.63. The number of piperazine rings is 1. The average molecular weight is 479 g/mol. The summed E-state index contributed by atoms with van der Waals surface area (Å²) in [5.41, 5.74) is 5.33. The molecule has 0 bridgehead atoms. The zero-order chi connectivity index (χ0) is 24.9. The first-order valence-corrected chi connectivity index (χ1v) is 12.1. The van der Waals surface area contributed by atoms with Crippen LogP contribution in [0.4, 0.5) is 4.79 Å². The van der Waals surface area contributed by atoms with Crippen LogP contribution in [-0.2, 0) is 9.53 Å². The zero-order valence-electron chi connectivity index (χ0n) is 21.0. The molecular formula is C27H34N4O4. The largest absolute Gasteiger partial charge is 0.497 e. The van der Waals surface area contributed by atoms with Crippen molar-refractivity contribution in [3.63, 3.8) is 0 Å². The molecule has 1 saturated heterocycles. The van der Waals surface area contributed by atoms with Crippen LogP contribution in [0.15, 0.2) is 47.6 Å². The van der Waals surface area contributed by atoms with Crippen LogP contribution in [0.25, 0.3) is 0 Å². The molecule has 2 aromatic carbocycles. The van der Waals surface area contributed by atoms with Crippen LogP contribution in [0.2, 0.25) is 0 Å². The Balaban J connectivity index is 1.52. The molecule has 186 valence electrons. The molecule has 2 aliphatic heterocycles. The summed E-state index contributed by atoms with van der Waals surface area (Å²) in [5, 5.41) is 6.48. The van der Waals surface area contributed by atoms with E-state index in [0.29, 0.717) is 39.2 Å². The van der Waals surface area contributed by atoms with E-state index in [-0.39, 0.29) is 24.6 Å². The first-order valence-electron chi connectivity index (χ1n) is 12.1. The van der Waals surface area contributed by atoms with E-state index in [1.165, 1.54) is 5.56 Å². The summed E-state index contributed by atoms with van der Waals surface area (Å²) < 4.78 is 10.4. The van der Waals surface area contributed by atoms with Crippen molar-refractivity contribution in [2.75, 3.05) is 46.4 Å². The fourth-order valence-electron chi connectivity index (χ4n) is 4.71. The van der Waals surface area contributed by atoms with Gasteiger partial charge in [0.1, 0.15) is 5.75 Å². The summed E-state index contributed by atoms with van der Waals surface area (Å²) in [6.07, 6.45) is 0.361. The number of carbonyl (C=O) groups is 2. The van der Waals surface area contributed by atoms with E-state index < -0.39 is 0 Å². The van der Waals surface area contributed by atoms with Crippen LogP contribution in [-0.4, -0.2) is 79.0 Å². The van der Waals surface area contributed by atoms with Crippen molar-refractivity contribution < 1.29 is 19.1 Å². The smallest absolute Gasteiger partial charge is 0.409 e. The molecule has 4 rings (SSSR count). The van der Waals surface area contributed by atoms with Gasteiger partial charge >= 0.3 is 6.09 Å². The molecule has 1 atom stereocenters. The van der Waals surface area contributed by atoms with Crippen LogP contribution >= 0.6 is 0 Å². The second-order valence-electron chi connectivity index (χ2n) is 9.06. The topological polar surface area (TPSA) is 74.7 Å². The van der Waals surface area contributed by atoms with Crippen molar-refractivity contribution in [1.82, 2.24) is 14.8 Å². The van der Waals surface area contributed by atoms with Crippen molar-refractivity contribution in [3.8, 4) is 5.75 Å². The number of rotatable bonds is 6. The average Bonchev–Trinajstić information content (AvgIpc) is 3.30. The lowest BCUT2D eigenvalue weighted by Gasteiger charge is -2.34. The van der Waals surface area contributed by atoms with Gasteiger partial charge in [-0.05, 0) is 61.7 Å². The van der Waals surface area contributed by atoms with E-state index in [9.17, 15) is 9.59 Å². The van der Waals surface area contributed by atoms with Gasteiger partial charge in [-0.25, -0.2) is 9.80 Å². The van der Waals surface area contributed by atoms with E-state index in [4.69, 9.17) is 14.6 Å². The molecule has 0 aromatic heterocycles. The maximum Gasteiger partial charge on any atom is 0.409 e. The Hall–Kier alpha value is -3.39. The molecule has 1 fully saturated rings. The zero-order valence-corrected chi connectivity index (χ0v) is 21.0. The van der Waals surface area contributed by atoms with Gasteiger partial charge in [-0.15, -0.1) is 0 Å². The molecule has 2 heterocycles. The van der Waals surface area contributed by atoms with Gasteiger partial charge in [-0.2, -0.15) is 5.10 Å². The molecule has 1 unspecified atom stereocenters. The number of nitrogens with zero attached hydrogens (tertiary/aromatic N) is 4. The minimum atomic E-state index is -0.290. The van der Waals surface area contributed by atoms with Crippen LogP contribution in [0.3, 0.4) is 0 Å². The van der Waals surface area contributed by atoms with Crippen molar-refractivity contribution in [1.29, 1.82) is 0 Å². The Labute approximate surface area is 207 Å². The number of hydrogen-bond acceptors (Lipinski definition) is 6. The van der Waals surface area contributed by atoms with Crippen molar-refractivity contribution in [3.05, 3.63) is 64.7 Å². The highest BCUT2D eigenvalue weighted by molar-refractivity contribution is 6.03. The quantitative estimate of drug-likeness (QED) is 0.632. The number of ether oxygens (including phenoxy) is 2. The molecule has 2 aliphatic rings. The van der Waals surface area contributed by atoms with Crippen molar-refractivity contribution >= 4 is 17.7 Å². The molecule has 35 heavy (non-hydrogen) atoms. The number of hydrogen-bond donors (Lipinski definition) is 0. The summed E-state index contributed by atoms with van der Waals surface area (Å²) in [7, 11) is 1.64. The molecule has 8 nitrogen and oxygen atoms in total. The van der Waals surface area contributed by atoms with Crippen LogP contribution in [0.1, 0.15) is 41.6 Å². The fraction of sp³-hybridized carbons (Fsp3) is 0.444. The monoisotopic (exact) mass is 478 g/mol. The van der Waals surface area contributed by atoms with Crippen LogP contribution in [0.5, 0.6) is 5.75 Å². The van der Waals surface area contributed by atoms with Gasteiger partial charge in [-0.1, -0.05) is 23.8 Å². The summed E-state index contributed by atoms with van der Waals surface area (Å²) in [5.74, 6) is 0.747. The predicted octanol–water partition coefficient (Wildman–Crippen LogP) is 3.76. The Morgan fingerprint density at radius 1 is 1.03 bits per heavy atom. The van der Waals surface area contributed by atoms with E-state index >= 15 is 0 Å². The number of benzene rings is 2. The standard InChI is InChI=1S/C27H34N4O4/c1-5-35-27(33)30-14-12-29(13-15-30)18-26(32)31-25(23-11-6-19(2)16-20(23)3)17-24(28-31)21-7-9-22(34-4)10-8-21/h6-11,16,25H,5,12-15,17-18H2,1-4H3. The summed E-state index contributed by atoms with van der Waals surface area (Å²) in [6, 6.07) is 14.0. The molecule has 0 spiro atoms. The summed E-state index contributed by atoms with van der Waals surface area (Å²) in [4.78, 5) is 29.3. The lowest BCUT2D eigenvalue weighted by Crippen LogP contribution is -2.51. The minimum Gasteiger partial charge on any atom is -0.497 e. The van der Waals surface area contributed by atoms with E-state index in [1.807, 2.05) is 24.3 Å². The number of hydrazone groups is 1. The van der Waals surface area contributed by atoms with Gasteiger partial charge in [0.05, 0.1) is 32.0 Å². The Morgan fingerprint density at radius 3 is 2.37 bits per heavy atom. The van der Waals surface area contributed by atoms with Crippen molar-refractivity contribution in [2.24, 2.45) is 5.10 Å². The lowest BCUT2D eigenvalue weighted by molar-refractivity contribution is -0.134. The number of carbonyl (C=O) groups excluding carboxylic acids is 2. The first-order chi connectivity index (χ1) is 16.9. The van der Waals surface area contributed by atoms with E-state index in [1.54, 1.807) is 23.9 Å². The Bertz CT molecular complexity index is 1090. The van der Waals surface area contributed by atoms with Gasteiger partial charge < -0.3 is 14.4 Å². The maximum atomic E-state index is 13.5. The normalized spacial score (nSPS) is 18.4. The second-order valence-corrected chi connectivity index (χ2v) is 9.06. The highest BCUT2D eigenvalue weighted by atomic mass is 16.6. The molecular weight excluding hydrogens is 444 g/mol. The fourth-order valence-corrected chi connectivity index (χ4v) is 4.71. The second kappa shape index (κ2) is 10.9. The molecule has 0 radical (unpaired) electrons. The molecule has 0 N–H and O–H groups in total. The van der Waals surface area contributed by atoms with Gasteiger partial charge in [0.15, 0.2) is 0 Å². The number of aryl methyl sites for hydroxylation is 2. The van der Waals surface area contributed by atoms with Gasteiger partial charge in [0.25, 0.3) is 5.91 Å². The summed E-state index contributed by atoms with van der Waals surface area (Å²) in [6.45, 7) is 8.94. The Kier molecular flexibility index (Phi) is 7.70. The Morgan fingerprint density at radius 2 is 1.74 bits per heavy atom. The number of methoxy groups -OCH3 is 1. The van der Waals surface area contributed by atoms with Gasteiger partial charge in [0, 0.05) is 32.6 Å². The third kappa shape index (κ3) is 5.65. The lowest BCUT2D eigenvalue weighted by atomic mass is 9.94.